The van der Waals surface area contributed by atoms with Crippen molar-refractivity contribution < 1.29 is 0 Å². The van der Waals surface area contributed by atoms with Gasteiger partial charge in [0.2, 0.25) is 0 Å². The first-order valence-corrected chi connectivity index (χ1v) is 5.46. The van der Waals surface area contributed by atoms with E-state index in [4.69, 9.17) is 11.5 Å². The standard InChI is InChI=1S/C13H22N2/c1-5-13(4,15)11-8-6-10(7-9-11)12(2,3)14/h6-9H,5,14-15H2,1-4H3/t13-/m1/s1. The molecule has 0 saturated heterocycles. The van der Waals surface area contributed by atoms with Crippen molar-refractivity contribution in [1.82, 2.24) is 0 Å². The number of rotatable bonds is 3. The Balaban J connectivity index is 3.01. The van der Waals surface area contributed by atoms with Gasteiger partial charge in [-0.05, 0) is 38.3 Å². The molecule has 1 aromatic rings. The highest BCUT2D eigenvalue weighted by molar-refractivity contribution is 5.30. The van der Waals surface area contributed by atoms with E-state index in [1.807, 2.05) is 13.8 Å². The molecule has 0 fully saturated rings. The van der Waals surface area contributed by atoms with Crippen LogP contribution in [0.2, 0.25) is 0 Å². The predicted octanol–water partition coefficient (Wildman–Crippen LogP) is 2.46. The molecule has 15 heavy (non-hydrogen) atoms. The number of nitrogens with two attached hydrogens (primary N) is 2. The van der Waals surface area contributed by atoms with Crippen LogP contribution in [-0.4, -0.2) is 0 Å². The molecule has 0 aliphatic rings. The number of hydrogen-bond donors (Lipinski definition) is 2. The van der Waals surface area contributed by atoms with Crippen LogP contribution in [0, 0.1) is 0 Å². The van der Waals surface area contributed by atoms with Crippen molar-refractivity contribution in [1.29, 1.82) is 0 Å². The highest BCUT2D eigenvalue weighted by atomic mass is 14.7. The Morgan fingerprint density at radius 3 is 1.67 bits per heavy atom. The van der Waals surface area contributed by atoms with Crippen LogP contribution < -0.4 is 11.5 Å². The van der Waals surface area contributed by atoms with E-state index in [2.05, 4.69) is 38.1 Å². The molecule has 0 heterocycles. The Morgan fingerprint density at radius 1 is 0.933 bits per heavy atom. The zero-order valence-electron chi connectivity index (χ0n) is 10.2. The van der Waals surface area contributed by atoms with Crippen LogP contribution in [0.25, 0.3) is 0 Å². The summed E-state index contributed by atoms with van der Waals surface area (Å²) in [6.45, 7) is 8.16. The maximum absolute atomic E-state index is 6.17. The van der Waals surface area contributed by atoms with Crippen molar-refractivity contribution in [3.05, 3.63) is 35.4 Å². The fourth-order valence-corrected chi connectivity index (χ4v) is 1.48. The monoisotopic (exact) mass is 206 g/mol. The van der Waals surface area contributed by atoms with Crippen molar-refractivity contribution in [2.45, 2.75) is 45.2 Å². The van der Waals surface area contributed by atoms with E-state index in [0.29, 0.717) is 0 Å². The first kappa shape index (κ1) is 12.2. The molecule has 2 nitrogen and oxygen atoms in total. The van der Waals surface area contributed by atoms with Gasteiger partial charge in [0.25, 0.3) is 0 Å². The average Bonchev–Trinajstić information content (AvgIpc) is 2.17. The van der Waals surface area contributed by atoms with Gasteiger partial charge in [-0.1, -0.05) is 31.2 Å². The van der Waals surface area contributed by atoms with Gasteiger partial charge in [-0.3, -0.25) is 0 Å². The van der Waals surface area contributed by atoms with Gasteiger partial charge in [-0.2, -0.15) is 0 Å². The highest BCUT2D eigenvalue weighted by Gasteiger charge is 2.20. The lowest BCUT2D eigenvalue weighted by Crippen LogP contribution is -2.32. The summed E-state index contributed by atoms with van der Waals surface area (Å²) in [6.07, 6.45) is 0.929. The van der Waals surface area contributed by atoms with E-state index in [9.17, 15) is 0 Å². The number of hydrogen-bond acceptors (Lipinski definition) is 2. The van der Waals surface area contributed by atoms with Crippen LogP contribution in [0.15, 0.2) is 24.3 Å². The smallest absolute Gasteiger partial charge is 0.0378 e. The minimum Gasteiger partial charge on any atom is -0.322 e. The van der Waals surface area contributed by atoms with Crippen LogP contribution in [-0.2, 0) is 11.1 Å². The molecule has 4 N–H and O–H groups in total. The molecule has 1 aromatic carbocycles. The fourth-order valence-electron chi connectivity index (χ4n) is 1.48. The molecular formula is C13H22N2. The third kappa shape index (κ3) is 2.80. The molecular weight excluding hydrogens is 184 g/mol. The van der Waals surface area contributed by atoms with E-state index < -0.39 is 0 Å². The predicted molar refractivity (Wildman–Crippen MR) is 65.5 cm³/mol. The summed E-state index contributed by atoms with van der Waals surface area (Å²) >= 11 is 0. The molecule has 2 heteroatoms. The van der Waals surface area contributed by atoms with E-state index in [1.54, 1.807) is 0 Å². The lowest BCUT2D eigenvalue weighted by Gasteiger charge is -2.25. The summed E-state index contributed by atoms with van der Waals surface area (Å²) in [7, 11) is 0. The zero-order valence-corrected chi connectivity index (χ0v) is 10.2. The van der Waals surface area contributed by atoms with Crippen molar-refractivity contribution in [2.75, 3.05) is 0 Å². The number of benzene rings is 1. The lowest BCUT2D eigenvalue weighted by atomic mass is 9.87. The summed E-state index contributed by atoms with van der Waals surface area (Å²) in [5.74, 6) is 0. The first-order valence-electron chi connectivity index (χ1n) is 5.46. The van der Waals surface area contributed by atoms with Crippen LogP contribution in [0.4, 0.5) is 0 Å². The molecule has 0 spiro atoms. The summed E-state index contributed by atoms with van der Waals surface area (Å²) in [5.41, 5.74) is 14.0. The Bertz CT molecular complexity index is 317. The van der Waals surface area contributed by atoms with Crippen molar-refractivity contribution in [3.63, 3.8) is 0 Å². The summed E-state index contributed by atoms with van der Waals surface area (Å²) in [5, 5.41) is 0. The SMILES string of the molecule is CC[C@@](C)(N)c1ccc(C(C)(C)N)cc1. The highest BCUT2D eigenvalue weighted by Crippen LogP contribution is 2.24. The van der Waals surface area contributed by atoms with E-state index in [1.165, 1.54) is 0 Å². The van der Waals surface area contributed by atoms with Gasteiger partial charge in [-0.25, -0.2) is 0 Å². The van der Waals surface area contributed by atoms with Crippen LogP contribution >= 0.6 is 0 Å². The van der Waals surface area contributed by atoms with Gasteiger partial charge < -0.3 is 11.5 Å². The van der Waals surface area contributed by atoms with Crippen molar-refractivity contribution in [2.24, 2.45) is 11.5 Å². The molecule has 0 aliphatic heterocycles. The summed E-state index contributed by atoms with van der Waals surface area (Å²) in [6, 6.07) is 8.28. The fraction of sp³-hybridized carbons (Fsp3) is 0.538. The van der Waals surface area contributed by atoms with Crippen LogP contribution in [0.3, 0.4) is 0 Å². The summed E-state index contributed by atoms with van der Waals surface area (Å²) in [4.78, 5) is 0. The minimum absolute atomic E-state index is 0.239. The van der Waals surface area contributed by atoms with Crippen LogP contribution in [0.5, 0.6) is 0 Å². The summed E-state index contributed by atoms with van der Waals surface area (Å²) < 4.78 is 0. The topological polar surface area (TPSA) is 52.0 Å². The molecule has 84 valence electrons. The normalized spacial score (nSPS) is 16.1. The zero-order chi connectivity index (χ0) is 11.7. The largest absolute Gasteiger partial charge is 0.322 e. The second-order valence-corrected chi connectivity index (χ2v) is 5.07. The van der Waals surface area contributed by atoms with Crippen molar-refractivity contribution in [3.8, 4) is 0 Å². The van der Waals surface area contributed by atoms with Gasteiger partial charge in [0.15, 0.2) is 0 Å². The lowest BCUT2D eigenvalue weighted by molar-refractivity contribution is 0.475. The maximum Gasteiger partial charge on any atom is 0.0378 e. The second kappa shape index (κ2) is 3.95. The Kier molecular flexibility index (Phi) is 3.22. The molecule has 0 saturated carbocycles. The Hall–Kier alpha value is -0.860. The van der Waals surface area contributed by atoms with Gasteiger partial charge in [0, 0.05) is 11.1 Å². The molecule has 0 radical (unpaired) electrons. The third-order valence-corrected chi connectivity index (χ3v) is 3.02. The Labute approximate surface area is 92.7 Å². The van der Waals surface area contributed by atoms with Crippen molar-refractivity contribution >= 4 is 0 Å². The molecule has 0 aliphatic carbocycles. The quantitative estimate of drug-likeness (QED) is 0.798. The van der Waals surface area contributed by atoms with Gasteiger partial charge in [0.05, 0.1) is 0 Å². The minimum atomic E-state index is -0.282. The molecule has 1 atom stereocenters. The maximum atomic E-state index is 6.17. The average molecular weight is 206 g/mol. The van der Waals surface area contributed by atoms with Gasteiger partial charge >= 0.3 is 0 Å². The van der Waals surface area contributed by atoms with E-state index in [0.717, 1.165) is 17.5 Å². The first-order chi connectivity index (χ1) is 6.77. The van der Waals surface area contributed by atoms with E-state index in [-0.39, 0.29) is 11.1 Å². The molecule has 1 rings (SSSR count). The molecule has 0 aromatic heterocycles. The van der Waals surface area contributed by atoms with Gasteiger partial charge in [-0.15, -0.1) is 0 Å². The van der Waals surface area contributed by atoms with Gasteiger partial charge in [0.1, 0.15) is 0 Å². The molecule has 0 amide bonds. The molecule has 0 unspecified atom stereocenters. The second-order valence-electron chi connectivity index (χ2n) is 5.07. The third-order valence-electron chi connectivity index (χ3n) is 3.02. The molecule has 0 bridgehead atoms. The van der Waals surface area contributed by atoms with E-state index >= 15 is 0 Å². The van der Waals surface area contributed by atoms with Crippen LogP contribution in [0.1, 0.15) is 45.2 Å². The Morgan fingerprint density at radius 2 is 1.33 bits per heavy atom.